The first-order valence-electron chi connectivity index (χ1n) is 7.23. The van der Waals surface area contributed by atoms with Gasteiger partial charge in [-0.2, -0.15) is 0 Å². The molecule has 0 aromatic rings. The fourth-order valence-electron chi connectivity index (χ4n) is 3.28. The molecule has 0 radical (unpaired) electrons. The molecule has 0 atom stereocenters. The van der Waals surface area contributed by atoms with Crippen molar-refractivity contribution in [3.8, 4) is 0 Å². The number of carbonyl (C=O) groups is 3. The van der Waals surface area contributed by atoms with Crippen LogP contribution in [0.3, 0.4) is 0 Å². The Labute approximate surface area is 124 Å². The van der Waals surface area contributed by atoms with Gasteiger partial charge in [0, 0.05) is 6.54 Å². The number of carbonyl (C=O) groups excluding carboxylic acids is 3. The Morgan fingerprint density at radius 1 is 1.14 bits per heavy atom. The highest BCUT2D eigenvalue weighted by molar-refractivity contribution is 5.83. The molecule has 6 heteroatoms. The summed E-state index contributed by atoms with van der Waals surface area (Å²) in [6.07, 6.45) is 2.38. The van der Waals surface area contributed by atoms with E-state index in [4.69, 9.17) is 9.47 Å². The molecule has 2 aliphatic heterocycles. The van der Waals surface area contributed by atoms with Crippen LogP contribution in [0.4, 0.5) is 4.79 Å². The van der Waals surface area contributed by atoms with Gasteiger partial charge in [-0.25, -0.2) is 4.79 Å². The van der Waals surface area contributed by atoms with Gasteiger partial charge in [0.25, 0.3) is 0 Å². The Morgan fingerprint density at radius 3 is 2.14 bits per heavy atom. The molecule has 2 bridgehead atoms. The van der Waals surface area contributed by atoms with Gasteiger partial charge < -0.3 is 14.3 Å². The average molecular weight is 297 g/mol. The third kappa shape index (κ3) is 2.63. The number of rotatable bonds is 2. The van der Waals surface area contributed by atoms with Crippen molar-refractivity contribution in [2.45, 2.75) is 57.6 Å². The Hall–Kier alpha value is -1.59. The van der Waals surface area contributed by atoms with Crippen LogP contribution in [0.15, 0.2) is 0 Å². The van der Waals surface area contributed by atoms with Gasteiger partial charge in [0.2, 0.25) is 0 Å². The van der Waals surface area contributed by atoms with Crippen LogP contribution in [-0.2, 0) is 19.1 Å². The molecule has 0 spiro atoms. The first-order valence-corrected chi connectivity index (χ1v) is 7.23. The second kappa shape index (κ2) is 5.00. The Balaban J connectivity index is 2.28. The third-order valence-electron chi connectivity index (χ3n) is 4.52. The van der Waals surface area contributed by atoms with Crippen LogP contribution in [0.5, 0.6) is 0 Å². The number of esters is 1. The standard InChI is InChI=1S/C15H23NO5/c1-13(2,3)21-12(19)16-9-14(11(18)20-4)5-7-15(16,10-17)8-6-14/h10H,5-9H2,1-4H3. The normalized spacial score (nSPS) is 31.7. The molecular formula is C15H23NO5. The van der Waals surface area contributed by atoms with Gasteiger partial charge in [0.15, 0.2) is 0 Å². The highest BCUT2D eigenvalue weighted by Crippen LogP contribution is 2.50. The van der Waals surface area contributed by atoms with Gasteiger partial charge in [-0.15, -0.1) is 0 Å². The number of piperidine rings is 2. The third-order valence-corrected chi connectivity index (χ3v) is 4.52. The number of methoxy groups -OCH3 is 1. The molecule has 2 saturated heterocycles. The number of ether oxygens (including phenoxy) is 2. The summed E-state index contributed by atoms with van der Waals surface area (Å²) in [5.41, 5.74) is -2.18. The Bertz CT molecular complexity index is 457. The lowest BCUT2D eigenvalue weighted by Crippen LogP contribution is -2.67. The molecule has 2 heterocycles. The molecule has 3 fully saturated rings. The van der Waals surface area contributed by atoms with Crippen molar-refractivity contribution in [1.82, 2.24) is 4.90 Å². The summed E-state index contributed by atoms with van der Waals surface area (Å²) >= 11 is 0. The quantitative estimate of drug-likeness (QED) is 0.575. The molecule has 3 aliphatic rings. The van der Waals surface area contributed by atoms with Gasteiger partial charge in [0.05, 0.1) is 12.5 Å². The number of aldehydes is 1. The summed E-state index contributed by atoms with van der Waals surface area (Å²) in [5, 5.41) is 0. The lowest BCUT2D eigenvalue weighted by atomic mass is 9.62. The van der Waals surface area contributed by atoms with Crippen molar-refractivity contribution in [2.75, 3.05) is 13.7 Å². The van der Waals surface area contributed by atoms with Crippen LogP contribution in [0.1, 0.15) is 46.5 Å². The summed E-state index contributed by atoms with van der Waals surface area (Å²) in [4.78, 5) is 37.5. The van der Waals surface area contributed by atoms with Crippen LogP contribution in [0.25, 0.3) is 0 Å². The zero-order valence-electron chi connectivity index (χ0n) is 13.1. The summed E-state index contributed by atoms with van der Waals surface area (Å²) < 4.78 is 10.3. The second-order valence-electron chi connectivity index (χ2n) is 7.06. The van der Waals surface area contributed by atoms with Crippen LogP contribution < -0.4 is 0 Å². The Morgan fingerprint density at radius 2 is 1.71 bits per heavy atom. The summed E-state index contributed by atoms with van der Waals surface area (Å²) in [6.45, 7) is 5.51. The van der Waals surface area contributed by atoms with Crippen LogP contribution in [0.2, 0.25) is 0 Å². The monoisotopic (exact) mass is 297 g/mol. The minimum atomic E-state index is -0.835. The maximum absolute atomic E-state index is 12.4. The highest BCUT2D eigenvalue weighted by Gasteiger charge is 2.59. The van der Waals surface area contributed by atoms with Gasteiger partial charge in [0.1, 0.15) is 17.4 Å². The Kier molecular flexibility index (Phi) is 3.76. The van der Waals surface area contributed by atoms with Crippen LogP contribution in [-0.4, -0.2) is 48.0 Å². The van der Waals surface area contributed by atoms with Crippen LogP contribution >= 0.6 is 0 Å². The zero-order chi connectivity index (χ0) is 15.9. The van der Waals surface area contributed by atoms with E-state index in [0.29, 0.717) is 25.7 Å². The molecule has 0 unspecified atom stereocenters. The summed E-state index contributed by atoms with van der Waals surface area (Å²) in [7, 11) is 1.35. The SMILES string of the molecule is COC(=O)C12CCC(C=O)(CC1)N(C(=O)OC(C)(C)C)C2. The largest absolute Gasteiger partial charge is 0.469 e. The van der Waals surface area contributed by atoms with E-state index in [1.807, 2.05) is 0 Å². The fourth-order valence-corrected chi connectivity index (χ4v) is 3.28. The topological polar surface area (TPSA) is 72.9 Å². The van der Waals surface area contributed by atoms with E-state index in [0.717, 1.165) is 6.29 Å². The van der Waals surface area contributed by atoms with Crippen molar-refractivity contribution in [3.63, 3.8) is 0 Å². The second-order valence-corrected chi connectivity index (χ2v) is 7.06. The molecule has 118 valence electrons. The van der Waals surface area contributed by atoms with E-state index < -0.39 is 22.6 Å². The van der Waals surface area contributed by atoms with E-state index in [-0.39, 0.29) is 12.5 Å². The lowest BCUT2D eigenvalue weighted by molar-refractivity contribution is -0.169. The maximum Gasteiger partial charge on any atom is 0.411 e. The molecule has 1 aliphatic carbocycles. The average Bonchev–Trinajstić information content (AvgIpc) is 2.45. The molecule has 1 saturated carbocycles. The number of fused-ring (bicyclic) bond motifs is 3. The smallest absolute Gasteiger partial charge is 0.411 e. The van der Waals surface area contributed by atoms with E-state index in [1.54, 1.807) is 20.8 Å². The van der Waals surface area contributed by atoms with Crippen molar-refractivity contribution in [3.05, 3.63) is 0 Å². The number of hydrogen-bond acceptors (Lipinski definition) is 5. The molecule has 0 N–H and O–H groups in total. The lowest BCUT2D eigenvalue weighted by Gasteiger charge is -2.55. The van der Waals surface area contributed by atoms with Crippen molar-refractivity contribution >= 4 is 18.3 Å². The maximum atomic E-state index is 12.4. The molecule has 1 amide bonds. The molecule has 21 heavy (non-hydrogen) atoms. The van der Waals surface area contributed by atoms with Gasteiger partial charge in [-0.05, 0) is 46.5 Å². The van der Waals surface area contributed by atoms with E-state index in [2.05, 4.69) is 0 Å². The van der Waals surface area contributed by atoms with E-state index in [9.17, 15) is 14.4 Å². The van der Waals surface area contributed by atoms with E-state index in [1.165, 1.54) is 12.0 Å². The summed E-state index contributed by atoms with van der Waals surface area (Å²) in [5.74, 6) is -0.310. The summed E-state index contributed by atoms with van der Waals surface area (Å²) in [6, 6.07) is 0. The first kappa shape index (κ1) is 15.8. The van der Waals surface area contributed by atoms with Crippen molar-refractivity contribution in [2.24, 2.45) is 5.41 Å². The number of amides is 1. The minimum Gasteiger partial charge on any atom is -0.469 e. The first-order chi connectivity index (χ1) is 9.68. The molecule has 3 rings (SSSR count). The number of hydrogen-bond donors (Lipinski definition) is 0. The van der Waals surface area contributed by atoms with Gasteiger partial charge >= 0.3 is 12.1 Å². The van der Waals surface area contributed by atoms with Crippen molar-refractivity contribution in [1.29, 1.82) is 0 Å². The molecule has 6 nitrogen and oxygen atoms in total. The van der Waals surface area contributed by atoms with Crippen LogP contribution in [0, 0.1) is 5.41 Å². The predicted octanol–water partition coefficient (Wildman–Crippen LogP) is 1.91. The number of nitrogens with zero attached hydrogens (tertiary/aromatic N) is 1. The molecule has 0 aromatic carbocycles. The van der Waals surface area contributed by atoms with E-state index >= 15 is 0 Å². The minimum absolute atomic E-state index is 0.188. The van der Waals surface area contributed by atoms with Gasteiger partial charge in [-0.3, -0.25) is 9.69 Å². The predicted molar refractivity (Wildman–Crippen MR) is 74.7 cm³/mol. The zero-order valence-corrected chi connectivity index (χ0v) is 13.1. The molecule has 0 aromatic heterocycles. The van der Waals surface area contributed by atoms with Crippen molar-refractivity contribution < 1.29 is 23.9 Å². The molecular weight excluding hydrogens is 274 g/mol. The highest BCUT2D eigenvalue weighted by atomic mass is 16.6. The van der Waals surface area contributed by atoms with Gasteiger partial charge in [-0.1, -0.05) is 0 Å². The fraction of sp³-hybridized carbons (Fsp3) is 0.800.